The van der Waals surface area contributed by atoms with Crippen molar-refractivity contribution in [2.24, 2.45) is 0 Å². The maximum atomic E-state index is 10.9. The van der Waals surface area contributed by atoms with E-state index in [1.807, 2.05) is 0 Å². The summed E-state index contributed by atoms with van der Waals surface area (Å²) in [6, 6.07) is 0. The van der Waals surface area contributed by atoms with Gasteiger partial charge in [0.25, 0.3) is 0 Å². The van der Waals surface area contributed by atoms with Crippen LogP contribution in [0.5, 0.6) is 0 Å². The number of carboxylic acid groups (broad SMARTS) is 1. The number of hydrogen-bond acceptors (Lipinski definition) is 8. The van der Waals surface area contributed by atoms with Gasteiger partial charge in [-0.05, 0) is 0 Å². The van der Waals surface area contributed by atoms with E-state index in [4.69, 9.17) is 9.84 Å². The van der Waals surface area contributed by atoms with Gasteiger partial charge in [0.2, 0.25) is 0 Å². The number of carboxylic acids is 1. The van der Waals surface area contributed by atoms with E-state index in [1.165, 1.54) is 17.2 Å². The number of aromatic nitrogens is 5. The first-order valence-electron chi connectivity index (χ1n) is 7.05. The first-order chi connectivity index (χ1) is 11.5. The van der Waals surface area contributed by atoms with Crippen molar-refractivity contribution in [3.63, 3.8) is 0 Å². The SMILES string of the molecule is O=C(O)C(O)[C@H]1O[C@@H](n2cnc3c2ncn2ccnc32)[C@H](O)[C@@H]1O. The van der Waals surface area contributed by atoms with Gasteiger partial charge in [-0.2, -0.15) is 0 Å². The van der Waals surface area contributed by atoms with Crippen LogP contribution < -0.4 is 0 Å². The lowest BCUT2D eigenvalue weighted by molar-refractivity contribution is -0.160. The Morgan fingerprint density at radius 2 is 1.96 bits per heavy atom. The van der Waals surface area contributed by atoms with Crippen molar-refractivity contribution >= 4 is 22.8 Å². The minimum Gasteiger partial charge on any atom is -0.479 e. The lowest BCUT2D eigenvalue weighted by Gasteiger charge is -2.17. The normalized spacial score (nSPS) is 28.6. The van der Waals surface area contributed by atoms with Crippen LogP contribution in [-0.4, -0.2) is 74.7 Å². The van der Waals surface area contributed by atoms with Gasteiger partial charge in [-0.3, -0.25) is 8.97 Å². The van der Waals surface area contributed by atoms with Crippen molar-refractivity contribution in [3.8, 4) is 0 Å². The van der Waals surface area contributed by atoms with E-state index in [1.54, 1.807) is 16.8 Å². The topological polar surface area (TPSA) is 155 Å². The molecule has 0 aromatic carbocycles. The molecule has 4 N–H and O–H groups in total. The average Bonchev–Trinajstić information content (AvgIpc) is 3.25. The molecular formula is C13H13N5O6. The third kappa shape index (κ3) is 1.99. The van der Waals surface area contributed by atoms with Crippen LogP contribution in [0.2, 0.25) is 0 Å². The molecule has 4 rings (SSSR count). The number of ether oxygens (including phenoxy) is 1. The monoisotopic (exact) mass is 335 g/mol. The summed E-state index contributed by atoms with van der Waals surface area (Å²) in [6.45, 7) is 0. The molecule has 1 saturated heterocycles. The standard InChI is InChI=1S/C13H13N5O6/c19-6-7(20)12(24-9(6)8(21)13(22)23)18-4-15-5-10-14-1-2-17(10)3-16-11(5)18/h1-4,6-9,12,19-21H,(H,22,23)/t6-,7+,8?,9-,12+/m0/s1. The van der Waals surface area contributed by atoms with Crippen LogP contribution in [-0.2, 0) is 9.53 Å². The largest absolute Gasteiger partial charge is 0.479 e. The van der Waals surface area contributed by atoms with Crippen molar-refractivity contribution in [3.05, 3.63) is 25.0 Å². The summed E-state index contributed by atoms with van der Waals surface area (Å²) in [5.41, 5.74) is 1.35. The molecule has 0 bridgehead atoms. The predicted molar refractivity (Wildman–Crippen MR) is 75.8 cm³/mol. The Morgan fingerprint density at radius 1 is 1.17 bits per heavy atom. The van der Waals surface area contributed by atoms with Crippen molar-refractivity contribution in [1.29, 1.82) is 0 Å². The van der Waals surface area contributed by atoms with Gasteiger partial charge in [0.05, 0.1) is 6.33 Å². The van der Waals surface area contributed by atoms with Gasteiger partial charge >= 0.3 is 5.97 Å². The van der Waals surface area contributed by atoms with Crippen molar-refractivity contribution in [2.75, 3.05) is 0 Å². The molecule has 11 heteroatoms. The molecular weight excluding hydrogens is 322 g/mol. The molecule has 4 heterocycles. The molecule has 0 amide bonds. The molecule has 1 unspecified atom stereocenters. The molecule has 3 aromatic heterocycles. The Morgan fingerprint density at radius 3 is 2.71 bits per heavy atom. The number of imidazole rings is 2. The van der Waals surface area contributed by atoms with E-state index in [9.17, 15) is 20.1 Å². The Balaban J connectivity index is 1.76. The second-order valence-corrected chi connectivity index (χ2v) is 5.48. The number of nitrogens with zero attached hydrogens (tertiary/aromatic N) is 5. The molecule has 3 aromatic rings. The molecule has 0 radical (unpaired) electrons. The van der Waals surface area contributed by atoms with Crippen molar-refractivity contribution < 1.29 is 30.0 Å². The molecule has 0 spiro atoms. The summed E-state index contributed by atoms with van der Waals surface area (Å²) < 4.78 is 8.41. The number of carbonyl (C=O) groups is 1. The molecule has 1 aliphatic heterocycles. The third-order valence-corrected chi connectivity index (χ3v) is 4.07. The van der Waals surface area contributed by atoms with E-state index in [-0.39, 0.29) is 0 Å². The van der Waals surface area contributed by atoms with Crippen LogP contribution in [0.1, 0.15) is 6.23 Å². The molecule has 1 fully saturated rings. The van der Waals surface area contributed by atoms with Crippen LogP contribution in [0.4, 0.5) is 0 Å². The van der Waals surface area contributed by atoms with Crippen LogP contribution >= 0.6 is 0 Å². The van der Waals surface area contributed by atoms with E-state index in [0.717, 1.165) is 0 Å². The zero-order chi connectivity index (χ0) is 17.0. The number of aliphatic hydroxyl groups excluding tert-OH is 3. The fraction of sp³-hybridized carbons (Fsp3) is 0.385. The van der Waals surface area contributed by atoms with E-state index in [0.29, 0.717) is 16.8 Å². The van der Waals surface area contributed by atoms with Crippen LogP contribution in [0, 0.1) is 0 Å². The van der Waals surface area contributed by atoms with Gasteiger partial charge in [-0.25, -0.2) is 19.7 Å². The maximum absolute atomic E-state index is 10.9. The molecule has 5 atom stereocenters. The maximum Gasteiger partial charge on any atom is 0.335 e. The smallest absolute Gasteiger partial charge is 0.335 e. The van der Waals surface area contributed by atoms with Crippen LogP contribution in [0.15, 0.2) is 25.0 Å². The Labute approximate surface area is 133 Å². The van der Waals surface area contributed by atoms with Gasteiger partial charge in [-0.1, -0.05) is 0 Å². The summed E-state index contributed by atoms with van der Waals surface area (Å²) >= 11 is 0. The van der Waals surface area contributed by atoms with Crippen LogP contribution in [0.25, 0.3) is 16.8 Å². The van der Waals surface area contributed by atoms with Gasteiger partial charge < -0.3 is 25.2 Å². The molecule has 0 aliphatic carbocycles. The first kappa shape index (κ1) is 15.0. The fourth-order valence-electron chi connectivity index (χ4n) is 2.85. The van der Waals surface area contributed by atoms with E-state index < -0.39 is 36.6 Å². The highest BCUT2D eigenvalue weighted by Gasteiger charge is 2.49. The molecule has 24 heavy (non-hydrogen) atoms. The highest BCUT2D eigenvalue weighted by atomic mass is 16.6. The zero-order valence-electron chi connectivity index (χ0n) is 12.0. The highest BCUT2D eigenvalue weighted by molar-refractivity contribution is 5.85. The number of aliphatic hydroxyl groups is 3. The van der Waals surface area contributed by atoms with Crippen molar-refractivity contribution in [2.45, 2.75) is 30.6 Å². The first-order valence-corrected chi connectivity index (χ1v) is 7.05. The second kappa shape index (κ2) is 5.21. The number of aliphatic carboxylic acids is 1. The summed E-state index contributed by atoms with van der Waals surface area (Å²) in [5, 5.41) is 38.6. The fourth-order valence-corrected chi connectivity index (χ4v) is 2.85. The van der Waals surface area contributed by atoms with Crippen molar-refractivity contribution in [1.82, 2.24) is 23.9 Å². The minimum atomic E-state index is -1.97. The Hall–Kier alpha value is -2.60. The molecule has 0 saturated carbocycles. The lowest BCUT2D eigenvalue weighted by atomic mass is 10.1. The lowest BCUT2D eigenvalue weighted by Crippen LogP contribution is -2.42. The van der Waals surface area contributed by atoms with Gasteiger partial charge in [0, 0.05) is 12.4 Å². The van der Waals surface area contributed by atoms with Gasteiger partial charge in [-0.15, -0.1) is 0 Å². The summed E-state index contributed by atoms with van der Waals surface area (Å²) in [6.07, 6.45) is -1.49. The Kier molecular flexibility index (Phi) is 3.25. The van der Waals surface area contributed by atoms with Crippen LogP contribution in [0.3, 0.4) is 0 Å². The third-order valence-electron chi connectivity index (χ3n) is 4.07. The summed E-state index contributed by atoms with van der Waals surface area (Å²) in [4.78, 5) is 23.5. The average molecular weight is 335 g/mol. The number of rotatable bonds is 3. The van der Waals surface area contributed by atoms with Gasteiger partial charge in [0.1, 0.15) is 24.6 Å². The molecule has 1 aliphatic rings. The molecule has 126 valence electrons. The van der Waals surface area contributed by atoms with Gasteiger partial charge in [0.15, 0.2) is 29.1 Å². The second-order valence-electron chi connectivity index (χ2n) is 5.48. The van der Waals surface area contributed by atoms with E-state index >= 15 is 0 Å². The minimum absolute atomic E-state index is 0.343. The quantitative estimate of drug-likeness (QED) is 0.431. The summed E-state index contributed by atoms with van der Waals surface area (Å²) in [5.74, 6) is -1.56. The highest BCUT2D eigenvalue weighted by Crippen LogP contribution is 2.33. The van der Waals surface area contributed by atoms with E-state index in [2.05, 4.69) is 15.0 Å². The molecule has 11 nitrogen and oxygen atoms in total. The number of hydrogen-bond donors (Lipinski definition) is 4. The Bertz CT molecular complexity index is 922. The zero-order valence-corrected chi connectivity index (χ0v) is 12.0. The predicted octanol–water partition coefficient (Wildman–Crippen LogP) is -1.86. The number of fused-ring (bicyclic) bond motifs is 3. The summed E-state index contributed by atoms with van der Waals surface area (Å²) in [7, 11) is 0.